The van der Waals surface area contributed by atoms with Crippen molar-refractivity contribution >= 4 is 27.7 Å². The normalized spacial score (nSPS) is 11.8. The third kappa shape index (κ3) is 4.67. The van der Waals surface area contributed by atoms with Crippen molar-refractivity contribution in [2.75, 3.05) is 6.54 Å². The average Bonchev–Trinajstić information content (AvgIpc) is 2.38. The summed E-state index contributed by atoms with van der Waals surface area (Å²) in [5, 5.41) is 5.43. The third-order valence-corrected chi connectivity index (χ3v) is 3.60. The van der Waals surface area contributed by atoms with Gasteiger partial charge in [-0.2, -0.15) is 0 Å². The van der Waals surface area contributed by atoms with Crippen molar-refractivity contribution in [1.82, 2.24) is 10.6 Å². The molecule has 0 spiro atoms. The molecule has 0 bridgehead atoms. The van der Waals surface area contributed by atoms with E-state index in [0.29, 0.717) is 12.1 Å². The molecule has 1 rings (SSSR count). The molecule has 2 N–H and O–H groups in total. The Morgan fingerprint density at radius 2 is 2.05 bits per heavy atom. The number of carbonyl (C=O) groups is 2. The Bertz CT molecular complexity index is 475. The zero-order chi connectivity index (χ0) is 14.4. The summed E-state index contributed by atoms with van der Waals surface area (Å²) in [5.74, 6) is -0.404. The Kier molecular flexibility index (Phi) is 6.02. The smallest absolute Gasteiger partial charge is 0.251 e. The Labute approximate surface area is 122 Å². The van der Waals surface area contributed by atoms with Gasteiger partial charge in [0, 0.05) is 16.6 Å². The lowest BCUT2D eigenvalue weighted by atomic mass is 10.1. The molecule has 1 aromatic carbocycles. The lowest BCUT2D eigenvalue weighted by Gasteiger charge is -2.14. The van der Waals surface area contributed by atoms with Crippen LogP contribution in [-0.4, -0.2) is 24.4 Å². The number of nitrogens with one attached hydrogen (secondary N) is 2. The summed E-state index contributed by atoms with van der Waals surface area (Å²) in [5.41, 5.74) is 1.53. The first kappa shape index (κ1) is 15.7. The Balaban J connectivity index is 2.63. The van der Waals surface area contributed by atoms with Crippen molar-refractivity contribution in [2.24, 2.45) is 0 Å². The molecule has 0 fully saturated rings. The van der Waals surface area contributed by atoms with Crippen LogP contribution in [0.25, 0.3) is 0 Å². The van der Waals surface area contributed by atoms with Crippen LogP contribution < -0.4 is 10.6 Å². The number of halogens is 1. The first-order valence-corrected chi connectivity index (χ1v) is 7.09. The van der Waals surface area contributed by atoms with E-state index in [-0.39, 0.29) is 11.8 Å². The van der Waals surface area contributed by atoms with E-state index in [1.165, 1.54) is 0 Å². The zero-order valence-corrected chi connectivity index (χ0v) is 13.0. The molecule has 0 saturated carbocycles. The minimum Gasteiger partial charge on any atom is -0.354 e. The van der Waals surface area contributed by atoms with Crippen molar-refractivity contribution in [3.63, 3.8) is 0 Å². The summed E-state index contributed by atoms with van der Waals surface area (Å²) in [7, 11) is 0. The van der Waals surface area contributed by atoms with E-state index in [4.69, 9.17) is 0 Å². The Hall–Kier alpha value is -1.36. The van der Waals surface area contributed by atoms with E-state index in [9.17, 15) is 9.59 Å². The summed E-state index contributed by atoms with van der Waals surface area (Å²) in [6.07, 6.45) is 0.873. The molecule has 0 aliphatic heterocycles. The molecule has 0 aromatic heterocycles. The zero-order valence-electron chi connectivity index (χ0n) is 11.4. The van der Waals surface area contributed by atoms with E-state index in [2.05, 4.69) is 26.6 Å². The monoisotopic (exact) mass is 326 g/mol. The third-order valence-electron chi connectivity index (χ3n) is 2.71. The van der Waals surface area contributed by atoms with Crippen LogP contribution in [0.15, 0.2) is 22.7 Å². The van der Waals surface area contributed by atoms with Gasteiger partial charge in [-0.05, 0) is 44.0 Å². The number of carbonyl (C=O) groups excluding carboxylic acids is 2. The predicted molar refractivity (Wildman–Crippen MR) is 79.1 cm³/mol. The lowest BCUT2D eigenvalue weighted by Crippen LogP contribution is -2.45. The van der Waals surface area contributed by atoms with Gasteiger partial charge in [0.1, 0.15) is 6.04 Å². The molecule has 5 heteroatoms. The number of rotatable bonds is 5. The van der Waals surface area contributed by atoms with Gasteiger partial charge in [-0.3, -0.25) is 9.59 Å². The Morgan fingerprint density at radius 3 is 2.63 bits per heavy atom. The second-order valence-electron chi connectivity index (χ2n) is 4.45. The first-order chi connectivity index (χ1) is 8.95. The molecule has 1 unspecified atom stereocenters. The van der Waals surface area contributed by atoms with Crippen molar-refractivity contribution in [3.8, 4) is 0 Å². The van der Waals surface area contributed by atoms with E-state index in [1.54, 1.807) is 19.1 Å². The highest BCUT2D eigenvalue weighted by Gasteiger charge is 2.16. The maximum Gasteiger partial charge on any atom is 0.251 e. The topological polar surface area (TPSA) is 58.2 Å². The average molecular weight is 327 g/mol. The van der Waals surface area contributed by atoms with Gasteiger partial charge in [0.2, 0.25) is 5.91 Å². The summed E-state index contributed by atoms with van der Waals surface area (Å²) >= 11 is 3.39. The van der Waals surface area contributed by atoms with Crippen LogP contribution in [0.5, 0.6) is 0 Å². The fourth-order valence-electron chi connectivity index (χ4n) is 1.53. The number of amides is 2. The van der Waals surface area contributed by atoms with E-state index in [0.717, 1.165) is 16.5 Å². The van der Waals surface area contributed by atoms with E-state index >= 15 is 0 Å². The van der Waals surface area contributed by atoms with Crippen molar-refractivity contribution in [1.29, 1.82) is 0 Å². The fraction of sp³-hybridized carbons (Fsp3) is 0.429. The van der Waals surface area contributed by atoms with Gasteiger partial charge in [-0.15, -0.1) is 0 Å². The molecule has 4 nitrogen and oxygen atoms in total. The fourth-order valence-corrected chi connectivity index (χ4v) is 1.78. The van der Waals surface area contributed by atoms with Gasteiger partial charge in [-0.1, -0.05) is 22.9 Å². The molecule has 2 amide bonds. The molecule has 1 atom stereocenters. The van der Waals surface area contributed by atoms with Crippen LogP contribution in [0.4, 0.5) is 0 Å². The molecule has 0 saturated heterocycles. The molecule has 0 heterocycles. The number of benzene rings is 1. The van der Waals surface area contributed by atoms with E-state index < -0.39 is 6.04 Å². The highest BCUT2D eigenvalue weighted by molar-refractivity contribution is 9.10. The maximum absolute atomic E-state index is 12.0. The number of hydrogen-bond donors (Lipinski definition) is 2. The molecule has 0 aliphatic rings. The van der Waals surface area contributed by atoms with Gasteiger partial charge in [-0.25, -0.2) is 0 Å². The van der Waals surface area contributed by atoms with E-state index in [1.807, 2.05) is 19.9 Å². The second-order valence-corrected chi connectivity index (χ2v) is 5.30. The minimum absolute atomic E-state index is 0.163. The predicted octanol–water partition coefficient (Wildman–Crippen LogP) is 2.40. The Morgan fingerprint density at radius 1 is 1.37 bits per heavy atom. The van der Waals surface area contributed by atoms with Crippen LogP contribution in [0.2, 0.25) is 0 Å². The molecule has 0 aliphatic carbocycles. The van der Waals surface area contributed by atoms with Crippen LogP contribution in [0.1, 0.15) is 36.2 Å². The standard InChI is InChI=1S/C14H19BrN2O2/c1-4-7-16-13(18)10(3)17-14(19)11-5-6-12(15)9(2)8-11/h5-6,8,10H,4,7H2,1-3H3,(H,16,18)(H,17,19). The molecule has 19 heavy (non-hydrogen) atoms. The largest absolute Gasteiger partial charge is 0.354 e. The van der Waals surface area contributed by atoms with Crippen molar-refractivity contribution < 1.29 is 9.59 Å². The molecular formula is C14H19BrN2O2. The first-order valence-electron chi connectivity index (χ1n) is 6.30. The summed E-state index contributed by atoms with van der Waals surface area (Å²) < 4.78 is 0.956. The number of hydrogen-bond acceptors (Lipinski definition) is 2. The van der Waals surface area contributed by atoms with Crippen molar-refractivity contribution in [2.45, 2.75) is 33.2 Å². The van der Waals surface area contributed by atoms with Gasteiger partial charge < -0.3 is 10.6 Å². The summed E-state index contributed by atoms with van der Waals surface area (Å²) in [6, 6.07) is 4.80. The number of aryl methyl sites for hydroxylation is 1. The molecule has 0 radical (unpaired) electrons. The van der Waals surface area contributed by atoms with Gasteiger partial charge >= 0.3 is 0 Å². The molecule has 1 aromatic rings. The lowest BCUT2D eigenvalue weighted by molar-refractivity contribution is -0.122. The summed E-state index contributed by atoms with van der Waals surface area (Å²) in [4.78, 5) is 23.6. The quantitative estimate of drug-likeness (QED) is 0.872. The van der Waals surface area contributed by atoms with Gasteiger partial charge in [0.05, 0.1) is 0 Å². The van der Waals surface area contributed by atoms with Crippen LogP contribution in [-0.2, 0) is 4.79 Å². The van der Waals surface area contributed by atoms with Gasteiger partial charge in [0.25, 0.3) is 5.91 Å². The maximum atomic E-state index is 12.0. The van der Waals surface area contributed by atoms with Crippen LogP contribution >= 0.6 is 15.9 Å². The molecule has 104 valence electrons. The SMILES string of the molecule is CCCNC(=O)C(C)NC(=O)c1ccc(Br)c(C)c1. The van der Waals surface area contributed by atoms with Gasteiger partial charge in [0.15, 0.2) is 0 Å². The molecular weight excluding hydrogens is 308 g/mol. The van der Waals surface area contributed by atoms with Crippen molar-refractivity contribution in [3.05, 3.63) is 33.8 Å². The van der Waals surface area contributed by atoms with Crippen LogP contribution in [0.3, 0.4) is 0 Å². The highest BCUT2D eigenvalue weighted by atomic mass is 79.9. The van der Waals surface area contributed by atoms with Crippen LogP contribution in [0, 0.1) is 6.92 Å². The summed E-state index contributed by atoms with van der Waals surface area (Å²) in [6.45, 7) is 6.19. The highest BCUT2D eigenvalue weighted by Crippen LogP contribution is 2.17. The minimum atomic E-state index is -0.539. The second kappa shape index (κ2) is 7.28.